The quantitative estimate of drug-likeness (QED) is 0.854. The maximum absolute atomic E-state index is 3.88. The van der Waals surface area contributed by atoms with Gasteiger partial charge in [0.2, 0.25) is 0 Å². The van der Waals surface area contributed by atoms with Crippen LogP contribution in [0.15, 0.2) is 22.7 Å². The van der Waals surface area contributed by atoms with E-state index in [9.17, 15) is 0 Å². The van der Waals surface area contributed by atoms with Crippen LogP contribution in [0.1, 0.15) is 55.7 Å². The molecule has 1 fully saturated rings. The first-order valence-corrected chi connectivity index (χ1v) is 7.66. The molecule has 1 aromatic rings. The van der Waals surface area contributed by atoms with Gasteiger partial charge in [-0.2, -0.15) is 0 Å². The van der Waals surface area contributed by atoms with Crippen LogP contribution in [0.4, 0.5) is 0 Å². The van der Waals surface area contributed by atoms with Crippen LogP contribution < -0.4 is 5.32 Å². The van der Waals surface area contributed by atoms with E-state index in [2.05, 4.69) is 39.4 Å². The minimum Gasteiger partial charge on any atom is -0.307 e. The fourth-order valence-electron chi connectivity index (χ4n) is 3.30. The first-order valence-electron chi connectivity index (χ1n) is 6.87. The van der Waals surface area contributed by atoms with Gasteiger partial charge in [0.25, 0.3) is 0 Å². The van der Waals surface area contributed by atoms with Crippen molar-refractivity contribution in [2.75, 3.05) is 0 Å². The Bertz CT molecular complexity index is 396. The molecule has 2 heteroatoms. The highest BCUT2D eigenvalue weighted by Gasteiger charge is 2.25. The van der Waals surface area contributed by atoms with E-state index in [0.29, 0.717) is 6.04 Å². The Labute approximate surface area is 112 Å². The molecule has 0 spiro atoms. The van der Waals surface area contributed by atoms with Crippen LogP contribution >= 0.6 is 15.9 Å². The van der Waals surface area contributed by atoms with Crippen molar-refractivity contribution in [3.05, 3.63) is 33.8 Å². The molecular formula is C15H20BrN. The van der Waals surface area contributed by atoms with Crippen LogP contribution in [-0.4, -0.2) is 6.04 Å². The van der Waals surface area contributed by atoms with E-state index in [1.54, 1.807) is 5.56 Å². The second-order valence-corrected chi connectivity index (χ2v) is 6.35. The van der Waals surface area contributed by atoms with E-state index in [4.69, 9.17) is 0 Å². The van der Waals surface area contributed by atoms with Crippen molar-refractivity contribution in [2.45, 2.75) is 57.0 Å². The Kier molecular flexibility index (Phi) is 3.53. The van der Waals surface area contributed by atoms with Gasteiger partial charge < -0.3 is 5.32 Å². The fraction of sp³-hybridized carbons (Fsp3) is 0.600. The maximum Gasteiger partial charge on any atom is 0.0328 e. The van der Waals surface area contributed by atoms with Gasteiger partial charge >= 0.3 is 0 Å². The largest absolute Gasteiger partial charge is 0.307 e. The van der Waals surface area contributed by atoms with E-state index < -0.39 is 0 Å². The lowest BCUT2D eigenvalue weighted by molar-refractivity contribution is 0.337. The van der Waals surface area contributed by atoms with Crippen LogP contribution in [0.3, 0.4) is 0 Å². The van der Waals surface area contributed by atoms with Crippen LogP contribution in [0.25, 0.3) is 0 Å². The van der Waals surface area contributed by atoms with Crippen molar-refractivity contribution in [3.63, 3.8) is 0 Å². The molecule has 0 amide bonds. The molecule has 1 unspecified atom stereocenters. The zero-order valence-electron chi connectivity index (χ0n) is 10.2. The Morgan fingerprint density at radius 1 is 1.06 bits per heavy atom. The van der Waals surface area contributed by atoms with Gasteiger partial charge in [-0.25, -0.2) is 0 Å². The number of nitrogens with one attached hydrogen (secondary N) is 1. The summed E-state index contributed by atoms with van der Waals surface area (Å²) in [6.07, 6.45) is 9.53. The van der Waals surface area contributed by atoms with E-state index >= 15 is 0 Å². The van der Waals surface area contributed by atoms with Gasteiger partial charge in [0, 0.05) is 16.6 Å². The third-order valence-corrected chi connectivity index (χ3v) is 4.72. The van der Waals surface area contributed by atoms with Crippen molar-refractivity contribution in [1.82, 2.24) is 5.32 Å². The van der Waals surface area contributed by atoms with Gasteiger partial charge in [-0.3, -0.25) is 0 Å². The molecule has 0 heterocycles. The molecule has 2 aliphatic carbocycles. The molecule has 0 aliphatic heterocycles. The summed E-state index contributed by atoms with van der Waals surface area (Å²) in [5.74, 6) is 0. The molecule has 0 saturated heterocycles. The van der Waals surface area contributed by atoms with Gasteiger partial charge in [0.15, 0.2) is 0 Å². The highest BCUT2D eigenvalue weighted by atomic mass is 79.9. The van der Waals surface area contributed by atoms with Crippen molar-refractivity contribution >= 4 is 15.9 Å². The monoisotopic (exact) mass is 293 g/mol. The Hall–Kier alpha value is -0.340. The van der Waals surface area contributed by atoms with Crippen molar-refractivity contribution in [3.8, 4) is 0 Å². The van der Waals surface area contributed by atoms with Gasteiger partial charge in [-0.05, 0) is 48.9 Å². The average Bonchev–Trinajstić information content (AvgIpc) is 2.73. The third-order valence-electron chi connectivity index (χ3n) is 4.23. The smallest absolute Gasteiger partial charge is 0.0328 e. The maximum atomic E-state index is 3.88. The molecular weight excluding hydrogens is 274 g/mol. The molecule has 17 heavy (non-hydrogen) atoms. The summed E-state index contributed by atoms with van der Waals surface area (Å²) >= 11 is 3.59. The van der Waals surface area contributed by atoms with Gasteiger partial charge in [0.05, 0.1) is 0 Å². The predicted molar refractivity (Wildman–Crippen MR) is 75.2 cm³/mol. The number of aryl methyl sites for hydroxylation is 1. The van der Waals surface area contributed by atoms with Crippen molar-refractivity contribution in [1.29, 1.82) is 0 Å². The van der Waals surface area contributed by atoms with Crippen LogP contribution in [0.5, 0.6) is 0 Å². The van der Waals surface area contributed by atoms with Crippen LogP contribution in [0, 0.1) is 0 Å². The number of fused-ring (bicyclic) bond motifs is 1. The SMILES string of the molecule is Brc1ccc2c(c1)C(NC1CCCCC1)CC2. The minimum absolute atomic E-state index is 0.602. The topological polar surface area (TPSA) is 12.0 Å². The standard InChI is InChI=1S/C15H20BrN/c16-12-8-6-11-7-9-15(14(11)10-12)17-13-4-2-1-3-5-13/h6,8,10,13,15,17H,1-5,7,9H2. The molecule has 1 aromatic carbocycles. The van der Waals surface area contributed by atoms with Crippen molar-refractivity contribution in [2.24, 2.45) is 0 Å². The molecule has 0 bridgehead atoms. The minimum atomic E-state index is 0.602. The lowest BCUT2D eigenvalue weighted by Gasteiger charge is -2.27. The normalized spacial score (nSPS) is 24.9. The lowest BCUT2D eigenvalue weighted by atomic mass is 9.94. The van der Waals surface area contributed by atoms with Crippen molar-refractivity contribution < 1.29 is 0 Å². The summed E-state index contributed by atoms with van der Waals surface area (Å²) in [6.45, 7) is 0. The Morgan fingerprint density at radius 3 is 2.71 bits per heavy atom. The molecule has 0 radical (unpaired) electrons. The predicted octanol–water partition coefficient (Wildman–Crippen LogP) is 4.36. The molecule has 92 valence electrons. The second kappa shape index (κ2) is 5.11. The summed E-state index contributed by atoms with van der Waals surface area (Å²) < 4.78 is 1.22. The zero-order valence-corrected chi connectivity index (χ0v) is 11.8. The summed E-state index contributed by atoms with van der Waals surface area (Å²) in [4.78, 5) is 0. The molecule has 1 N–H and O–H groups in total. The second-order valence-electron chi connectivity index (χ2n) is 5.44. The highest BCUT2D eigenvalue weighted by molar-refractivity contribution is 9.10. The lowest BCUT2D eigenvalue weighted by Crippen LogP contribution is -2.33. The molecule has 1 atom stereocenters. The third kappa shape index (κ3) is 2.58. The van der Waals surface area contributed by atoms with Crippen LogP contribution in [0.2, 0.25) is 0 Å². The summed E-state index contributed by atoms with van der Waals surface area (Å²) in [7, 11) is 0. The molecule has 2 aliphatic rings. The zero-order chi connectivity index (χ0) is 11.7. The van der Waals surface area contributed by atoms with Gasteiger partial charge in [-0.15, -0.1) is 0 Å². The number of hydrogen-bond acceptors (Lipinski definition) is 1. The molecule has 3 rings (SSSR count). The number of benzene rings is 1. The number of rotatable bonds is 2. The van der Waals surface area contributed by atoms with E-state index in [1.165, 1.54) is 55.0 Å². The highest BCUT2D eigenvalue weighted by Crippen LogP contribution is 2.34. The van der Waals surface area contributed by atoms with E-state index in [1.807, 2.05) is 0 Å². The fourth-order valence-corrected chi connectivity index (χ4v) is 3.68. The van der Waals surface area contributed by atoms with Crippen LogP contribution in [-0.2, 0) is 6.42 Å². The van der Waals surface area contributed by atoms with E-state index in [-0.39, 0.29) is 0 Å². The number of halogens is 1. The van der Waals surface area contributed by atoms with Gasteiger partial charge in [0.1, 0.15) is 0 Å². The molecule has 1 nitrogen and oxygen atoms in total. The summed E-state index contributed by atoms with van der Waals surface area (Å²) in [5, 5.41) is 3.88. The first-order chi connectivity index (χ1) is 8.33. The first kappa shape index (κ1) is 11.7. The molecule has 1 saturated carbocycles. The average molecular weight is 294 g/mol. The summed E-state index contributed by atoms with van der Waals surface area (Å²) in [6, 6.07) is 8.12. The number of hydrogen-bond donors (Lipinski definition) is 1. The molecule has 0 aromatic heterocycles. The van der Waals surface area contributed by atoms with E-state index in [0.717, 1.165) is 6.04 Å². The Balaban J connectivity index is 1.72. The Morgan fingerprint density at radius 2 is 1.88 bits per heavy atom. The van der Waals surface area contributed by atoms with Gasteiger partial charge in [-0.1, -0.05) is 41.3 Å². The summed E-state index contributed by atoms with van der Waals surface area (Å²) in [5.41, 5.74) is 3.08.